The SMILES string of the molecule is N#Cc1cc(C(N)=O)c(SCC(N)=O)nc1N. The first-order valence-corrected chi connectivity index (χ1v) is 5.35. The number of thioether (sulfide) groups is 1. The monoisotopic (exact) mass is 251 g/mol. The summed E-state index contributed by atoms with van der Waals surface area (Å²) < 4.78 is 0. The van der Waals surface area contributed by atoms with Crippen LogP contribution in [0.25, 0.3) is 0 Å². The van der Waals surface area contributed by atoms with Crippen molar-refractivity contribution in [2.24, 2.45) is 11.5 Å². The van der Waals surface area contributed by atoms with E-state index in [2.05, 4.69) is 4.98 Å². The predicted octanol–water partition coefficient (Wildman–Crippen LogP) is -0.788. The molecule has 7 nitrogen and oxygen atoms in total. The number of carbonyl (C=O) groups is 2. The number of rotatable bonds is 4. The lowest BCUT2D eigenvalue weighted by Crippen LogP contribution is -2.17. The molecule has 0 fully saturated rings. The van der Waals surface area contributed by atoms with Crippen LogP contribution in [0.5, 0.6) is 0 Å². The van der Waals surface area contributed by atoms with Gasteiger partial charge in [0.25, 0.3) is 5.91 Å². The van der Waals surface area contributed by atoms with Crippen LogP contribution in [-0.4, -0.2) is 22.6 Å². The number of nitriles is 1. The van der Waals surface area contributed by atoms with Gasteiger partial charge >= 0.3 is 0 Å². The van der Waals surface area contributed by atoms with E-state index in [9.17, 15) is 9.59 Å². The molecule has 0 saturated heterocycles. The number of aromatic nitrogens is 1. The molecular weight excluding hydrogens is 242 g/mol. The topological polar surface area (TPSA) is 149 Å². The van der Waals surface area contributed by atoms with Gasteiger partial charge in [0.15, 0.2) is 0 Å². The van der Waals surface area contributed by atoms with Crippen molar-refractivity contribution >= 4 is 29.4 Å². The Kier molecular flexibility index (Phi) is 3.90. The first-order chi connectivity index (χ1) is 7.95. The first-order valence-electron chi connectivity index (χ1n) is 4.37. The third-order valence-corrected chi connectivity index (χ3v) is 2.77. The van der Waals surface area contributed by atoms with Crippen LogP contribution >= 0.6 is 11.8 Å². The number of pyridine rings is 1. The third-order valence-electron chi connectivity index (χ3n) is 1.75. The van der Waals surface area contributed by atoms with Crippen molar-refractivity contribution in [3.05, 3.63) is 17.2 Å². The highest BCUT2D eigenvalue weighted by atomic mass is 32.2. The van der Waals surface area contributed by atoms with Gasteiger partial charge in [-0.1, -0.05) is 11.8 Å². The Balaban J connectivity index is 3.19. The largest absolute Gasteiger partial charge is 0.383 e. The lowest BCUT2D eigenvalue weighted by atomic mass is 10.2. The minimum atomic E-state index is -0.749. The summed E-state index contributed by atoms with van der Waals surface area (Å²) in [6.45, 7) is 0. The molecule has 0 unspecified atom stereocenters. The summed E-state index contributed by atoms with van der Waals surface area (Å²) in [6.07, 6.45) is 0. The summed E-state index contributed by atoms with van der Waals surface area (Å²) in [5.74, 6) is -1.39. The van der Waals surface area contributed by atoms with E-state index in [-0.39, 0.29) is 27.7 Å². The Labute approximate surface area is 101 Å². The maximum absolute atomic E-state index is 11.1. The molecule has 0 radical (unpaired) electrons. The van der Waals surface area contributed by atoms with E-state index in [0.717, 1.165) is 11.8 Å². The van der Waals surface area contributed by atoms with E-state index in [1.54, 1.807) is 6.07 Å². The van der Waals surface area contributed by atoms with Crippen LogP contribution < -0.4 is 17.2 Å². The van der Waals surface area contributed by atoms with E-state index < -0.39 is 11.8 Å². The minimum Gasteiger partial charge on any atom is -0.383 e. The Morgan fingerprint density at radius 3 is 2.59 bits per heavy atom. The minimum absolute atomic E-state index is 0.0236. The predicted molar refractivity (Wildman–Crippen MR) is 61.8 cm³/mol. The number of anilines is 1. The van der Waals surface area contributed by atoms with Gasteiger partial charge in [0.05, 0.1) is 16.9 Å². The molecular formula is C9H9N5O2S. The molecule has 0 aliphatic rings. The van der Waals surface area contributed by atoms with Gasteiger partial charge in [0, 0.05) is 0 Å². The molecule has 17 heavy (non-hydrogen) atoms. The van der Waals surface area contributed by atoms with Gasteiger partial charge in [-0.15, -0.1) is 0 Å². The van der Waals surface area contributed by atoms with Gasteiger partial charge < -0.3 is 17.2 Å². The number of hydrogen-bond donors (Lipinski definition) is 3. The van der Waals surface area contributed by atoms with Gasteiger partial charge in [-0.3, -0.25) is 9.59 Å². The lowest BCUT2D eigenvalue weighted by Gasteiger charge is -2.06. The van der Waals surface area contributed by atoms with Gasteiger partial charge in [-0.25, -0.2) is 4.98 Å². The number of primary amides is 2. The highest BCUT2D eigenvalue weighted by Gasteiger charge is 2.15. The zero-order chi connectivity index (χ0) is 13.0. The zero-order valence-electron chi connectivity index (χ0n) is 8.64. The first kappa shape index (κ1) is 12.8. The van der Waals surface area contributed by atoms with Crippen LogP contribution in [0.4, 0.5) is 5.82 Å². The van der Waals surface area contributed by atoms with Crippen molar-refractivity contribution in [1.82, 2.24) is 4.98 Å². The number of nitrogen functional groups attached to an aromatic ring is 1. The molecule has 0 aliphatic carbocycles. The third kappa shape index (κ3) is 3.09. The molecule has 1 heterocycles. The van der Waals surface area contributed by atoms with E-state index in [1.807, 2.05) is 0 Å². The fraction of sp³-hybridized carbons (Fsp3) is 0.111. The van der Waals surface area contributed by atoms with Crippen LogP contribution in [0.1, 0.15) is 15.9 Å². The summed E-state index contributed by atoms with van der Waals surface area (Å²) >= 11 is 0.941. The van der Waals surface area contributed by atoms with Crippen LogP contribution in [0.15, 0.2) is 11.1 Å². The Hall–Kier alpha value is -2.27. The Morgan fingerprint density at radius 1 is 1.47 bits per heavy atom. The summed E-state index contributed by atoms with van der Waals surface area (Å²) in [5.41, 5.74) is 15.7. The second kappa shape index (κ2) is 5.18. The number of hydrogen-bond acceptors (Lipinski definition) is 6. The van der Waals surface area contributed by atoms with Crippen molar-refractivity contribution in [3.63, 3.8) is 0 Å². The van der Waals surface area contributed by atoms with Gasteiger partial charge in [-0.05, 0) is 6.07 Å². The molecule has 0 atom stereocenters. The maximum Gasteiger partial charge on any atom is 0.251 e. The number of carbonyl (C=O) groups excluding carboxylic acids is 2. The second-order valence-electron chi connectivity index (χ2n) is 3.00. The van der Waals surface area contributed by atoms with Crippen molar-refractivity contribution < 1.29 is 9.59 Å². The molecule has 0 saturated carbocycles. The molecule has 0 spiro atoms. The van der Waals surface area contributed by atoms with Crippen molar-refractivity contribution in [1.29, 1.82) is 5.26 Å². The molecule has 0 bridgehead atoms. The van der Waals surface area contributed by atoms with Crippen molar-refractivity contribution in [3.8, 4) is 6.07 Å². The highest BCUT2D eigenvalue weighted by Crippen LogP contribution is 2.23. The van der Waals surface area contributed by atoms with E-state index in [1.165, 1.54) is 6.07 Å². The molecule has 0 aromatic carbocycles. The van der Waals surface area contributed by atoms with Crippen LogP contribution in [-0.2, 0) is 4.79 Å². The fourth-order valence-corrected chi connectivity index (χ4v) is 1.78. The average Bonchev–Trinajstić information content (AvgIpc) is 2.25. The average molecular weight is 251 g/mol. The van der Waals surface area contributed by atoms with E-state index in [4.69, 9.17) is 22.5 Å². The number of amides is 2. The molecule has 0 aliphatic heterocycles. The van der Waals surface area contributed by atoms with Gasteiger partial charge in [0.1, 0.15) is 16.9 Å². The normalized spacial score (nSPS) is 9.59. The number of nitrogens with two attached hydrogens (primary N) is 3. The summed E-state index contributed by atoms with van der Waals surface area (Å²) in [6, 6.07) is 3.03. The smallest absolute Gasteiger partial charge is 0.251 e. The van der Waals surface area contributed by atoms with Crippen molar-refractivity contribution in [2.45, 2.75) is 5.03 Å². The lowest BCUT2D eigenvalue weighted by molar-refractivity contribution is -0.115. The molecule has 1 rings (SSSR count). The maximum atomic E-state index is 11.1. The molecule has 1 aromatic rings. The van der Waals surface area contributed by atoms with Crippen LogP contribution in [0, 0.1) is 11.3 Å². The summed E-state index contributed by atoms with van der Waals surface area (Å²) in [4.78, 5) is 25.6. The Bertz CT molecular complexity index is 523. The standard InChI is InChI=1S/C9H9N5O2S/c10-2-4-1-5(8(13)16)9(14-7(4)12)17-3-6(11)15/h1H,3H2,(H2,11,15)(H2,12,14)(H2,13,16). The number of nitrogens with zero attached hydrogens (tertiary/aromatic N) is 2. The fourth-order valence-electron chi connectivity index (χ4n) is 1.03. The molecule has 1 aromatic heterocycles. The molecule has 6 N–H and O–H groups in total. The van der Waals surface area contributed by atoms with Crippen LogP contribution in [0.3, 0.4) is 0 Å². The Morgan fingerprint density at radius 2 is 2.12 bits per heavy atom. The van der Waals surface area contributed by atoms with Gasteiger partial charge in [0.2, 0.25) is 5.91 Å². The van der Waals surface area contributed by atoms with Crippen LogP contribution in [0.2, 0.25) is 0 Å². The van der Waals surface area contributed by atoms with E-state index >= 15 is 0 Å². The summed E-state index contributed by atoms with van der Waals surface area (Å²) in [5, 5.41) is 8.92. The molecule has 8 heteroatoms. The van der Waals surface area contributed by atoms with Crippen molar-refractivity contribution in [2.75, 3.05) is 11.5 Å². The van der Waals surface area contributed by atoms with Gasteiger partial charge in [-0.2, -0.15) is 5.26 Å². The quantitative estimate of drug-likeness (QED) is 0.597. The highest BCUT2D eigenvalue weighted by molar-refractivity contribution is 8.00. The molecule has 2 amide bonds. The summed E-state index contributed by atoms with van der Waals surface area (Å²) in [7, 11) is 0. The zero-order valence-corrected chi connectivity index (χ0v) is 9.45. The van der Waals surface area contributed by atoms with E-state index in [0.29, 0.717) is 0 Å². The molecule has 88 valence electrons. The second-order valence-corrected chi connectivity index (χ2v) is 3.97.